The van der Waals surface area contributed by atoms with Gasteiger partial charge in [-0.2, -0.15) is 0 Å². The van der Waals surface area contributed by atoms with E-state index in [2.05, 4.69) is 4.98 Å². The Morgan fingerprint density at radius 2 is 1.87 bits per heavy atom. The third-order valence-corrected chi connectivity index (χ3v) is 1.71. The van der Waals surface area contributed by atoms with Crippen LogP contribution in [0, 0.1) is 0 Å². The molecular formula is C9H9N3O3. The highest BCUT2D eigenvalue weighted by Gasteiger charge is 2.17. The second-order valence-electron chi connectivity index (χ2n) is 2.73. The average Bonchev–Trinajstić information content (AvgIpc) is 2.29. The molecule has 0 aliphatic heterocycles. The van der Waals surface area contributed by atoms with Crippen molar-refractivity contribution in [1.82, 2.24) is 10.4 Å². The van der Waals surface area contributed by atoms with Gasteiger partial charge >= 0.3 is 5.91 Å². The average molecular weight is 207 g/mol. The first kappa shape index (κ1) is 11.0. The fraction of sp³-hybridized carbons (Fsp3) is 0.111. The van der Waals surface area contributed by atoms with Crippen LogP contribution < -0.4 is 11.3 Å². The van der Waals surface area contributed by atoms with Gasteiger partial charge in [-0.25, -0.2) is 5.84 Å². The summed E-state index contributed by atoms with van der Waals surface area (Å²) < 4.78 is 0. The Bertz CT molecular complexity index is 389. The molecule has 0 aromatic carbocycles. The Morgan fingerprint density at radius 3 is 2.40 bits per heavy atom. The summed E-state index contributed by atoms with van der Waals surface area (Å²) in [6, 6.07) is 2.94. The molecule has 0 fully saturated rings. The van der Waals surface area contributed by atoms with Gasteiger partial charge in [0.05, 0.1) is 6.42 Å². The molecule has 0 aliphatic carbocycles. The van der Waals surface area contributed by atoms with Crippen molar-refractivity contribution in [3.05, 3.63) is 30.1 Å². The van der Waals surface area contributed by atoms with Crippen molar-refractivity contribution >= 4 is 17.5 Å². The molecule has 3 N–H and O–H groups in total. The summed E-state index contributed by atoms with van der Waals surface area (Å²) >= 11 is 0. The van der Waals surface area contributed by atoms with Crippen LogP contribution in [0.2, 0.25) is 0 Å². The maximum atomic E-state index is 11.4. The number of carbonyl (C=O) groups is 3. The standard InChI is InChI=1S/C9H9N3O3/c10-12-9(15)8(14)5-7(13)6-1-3-11-4-2-6/h1-4H,5,10H2,(H,12,15). The first-order chi connectivity index (χ1) is 7.15. The Kier molecular flexibility index (Phi) is 3.64. The lowest BCUT2D eigenvalue weighted by atomic mass is 10.1. The summed E-state index contributed by atoms with van der Waals surface area (Å²) in [7, 11) is 0. The van der Waals surface area contributed by atoms with Gasteiger partial charge in [-0.05, 0) is 12.1 Å². The third kappa shape index (κ3) is 2.96. The molecule has 6 heteroatoms. The molecule has 6 nitrogen and oxygen atoms in total. The molecule has 0 aliphatic rings. The zero-order valence-corrected chi connectivity index (χ0v) is 7.77. The van der Waals surface area contributed by atoms with Gasteiger partial charge in [0, 0.05) is 18.0 Å². The van der Waals surface area contributed by atoms with Gasteiger partial charge in [0.15, 0.2) is 5.78 Å². The minimum atomic E-state index is -0.975. The SMILES string of the molecule is NNC(=O)C(=O)CC(=O)c1ccncc1. The van der Waals surface area contributed by atoms with Gasteiger partial charge in [-0.15, -0.1) is 0 Å². The van der Waals surface area contributed by atoms with E-state index in [1.165, 1.54) is 24.5 Å². The minimum Gasteiger partial charge on any atom is -0.294 e. The monoisotopic (exact) mass is 207 g/mol. The van der Waals surface area contributed by atoms with E-state index in [1.807, 2.05) is 0 Å². The number of Topliss-reactive ketones (excluding diaryl/α,β-unsaturated/α-hetero) is 2. The highest BCUT2D eigenvalue weighted by Crippen LogP contribution is 2.01. The molecule has 1 aromatic heterocycles. The van der Waals surface area contributed by atoms with Gasteiger partial charge in [-0.3, -0.25) is 24.8 Å². The normalized spacial score (nSPS) is 9.40. The Balaban J connectivity index is 2.65. The first-order valence-corrected chi connectivity index (χ1v) is 4.12. The molecule has 0 unspecified atom stereocenters. The first-order valence-electron chi connectivity index (χ1n) is 4.12. The Morgan fingerprint density at radius 1 is 1.27 bits per heavy atom. The summed E-state index contributed by atoms with van der Waals surface area (Å²) in [5.74, 6) is 2.47. The molecule has 15 heavy (non-hydrogen) atoms. The van der Waals surface area contributed by atoms with Gasteiger partial charge in [0.25, 0.3) is 0 Å². The van der Waals surface area contributed by atoms with Gasteiger partial charge in [-0.1, -0.05) is 0 Å². The van der Waals surface area contributed by atoms with E-state index in [0.29, 0.717) is 5.56 Å². The van der Waals surface area contributed by atoms with E-state index in [0.717, 1.165) is 0 Å². The lowest BCUT2D eigenvalue weighted by molar-refractivity contribution is -0.137. The predicted octanol–water partition coefficient (Wildman–Crippen LogP) is -0.787. The molecule has 0 spiro atoms. The lowest BCUT2D eigenvalue weighted by Crippen LogP contribution is -2.37. The summed E-state index contributed by atoms with van der Waals surface area (Å²) in [4.78, 5) is 36.9. The maximum absolute atomic E-state index is 11.4. The van der Waals surface area contributed by atoms with Crippen molar-refractivity contribution in [3.63, 3.8) is 0 Å². The van der Waals surface area contributed by atoms with Crippen molar-refractivity contribution in [2.75, 3.05) is 0 Å². The van der Waals surface area contributed by atoms with E-state index in [4.69, 9.17) is 5.84 Å². The number of amides is 1. The molecule has 0 bridgehead atoms. The van der Waals surface area contributed by atoms with Crippen molar-refractivity contribution in [1.29, 1.82) is 0 Å². The smallest absolute Gasteiger partial charge is 0.294 e. The van der Waals surface area contributed by atoms with E-state index < -0.39 is 23.9 Å². The van der Waals surface area contributed by atoms with Crippen LogP contribution in [0.4, 0.5) is 0 Å². The van der Waals surface area contributed by atoms with E-state index in [9.17, 15) is 14.4 Å². The largest absolute Gasteiger partial charge is 0.301 e. The van der Waals surface area contributed by atoms with Crippen LogP contribution in [-0.4, -0.2) is 22.5 Å². The van der Waals surface area contributed by atoms with Crippen molar-refractivity contribution in [3.8, 4) is 0 Å². The number of nitrogens with two attached hydrogens (primary N) is 1. The second kappa shape index (κ2) is 4.97. The Labute approximate surface area is 85.5 Å². The summed E-state index contributed by atoms with van der Waals surface area (Å²) in [6.07, 6.45) is 2.37. The molecule has 1 amide bonds. The molecule has 1 heterocycles. The molecule has 0 atom stereocenters. The van der Waals surface area contributed by atoms with Crippen LogP contribution in [0.25, 0.3) is 0 Å². The summed E-state index contributed by atoms with van der Waals surface area (Å²) in [6.45, 7) is 0. The summed E-state index contributed by atoms with van der Waals surface area (Å²) in [5.41, 5.74) is 2.00. The molecular weight excluding hydrogens is 198 g/mol. The third-order valence-electron chi connectivity index (χ3n) is 1.71. The fourth-order valence-corrected chi connectivity index (χ4v) is 0.946. The van der Waals surface area contributed by atoms with Crippen LogP contribution in [0.15, 0.2) is 24.5 Å². The zero-order valence-electron chi connectivity index (χ0n) is 7.77. The molecule has 0 radical (unpaired) electrons. The molecule has 0 saturated carbocycles. The number of pyridine rings is 1. The number of hydrazine groups is 1. The number of nitrogens with zero attached hydrogens (tertiary/aromatic N) is 1. The van der Waals surface area contributed by atoms with Crippen LogP contribution in [0.1, 0.15) is 16.8 Å². The number of hydrogen-bond donors (Lipinski definition) is 2. The van der Waals surface area contributed by atoms with E-state index >= 15 is 0 Å². The number of hydrogen-bond acceptors (Lipinski definition) is 5. The number of nitrogens with one attached hydrogen (secondary N) is 1. The number of rotatable bonds is 4. The van der Waals surface area contributed by atoms with Crippen molar-refractivity contribution in [2.24, 2.45) is 5.84 Å². The maximum Gasteiger partial charge on any atom is 0.301 e. The Hall–Kier alpha value is -2.08. The van der Waals surface area contributed by atoms with Gasteiger partial charge in [0.1, 0.15) is 0 Å². The van der Waals surface area contributed by atoms with Crippen LogP contribution in [0.3, 0.4) is 0 Å². The molecule has 1 rings (SSSR count). The minimum absolute atomic E-state index is 0.336. The van der Waals surface area contributed by atoms with Crippen LogP contribution >= 0.6 is 0 Å². The number of aromatic nitrogens is 1. The quantitative estimate of drug-likeness (QED) is 0.168. The highest BCUT2D eigenvalue weighted by atomic mass is 16.2. The van der Waals surface area contributed by atoms with Crippen molar-refractivity contribution < 1.29 is 14.4 Å². The second-order valence-corrected chi connectivity index (χ2v) is 2.73. The molecule has 0 saturated heterocycles. The van der Waals surface area contributed by atoms with Crippen LogP contribution in [0.5, 0.6) is 0 Å². The number of ketones is 2. The van der Waals surface area contributed by atoms with Gasteiger partial charge in [0.2, 0.25) is 5.78 Å². The van der Waals surface area contributed by atoms with Gasteiger partial charge < -0.3 is 0 Å². The topological polar surface area (TPSA) is 102 Å². The predicted molar refractivity (Wildman–Crippen MR) is 50.5 cm³/mol. The molecule has 1 aromatic rings. The van der Waals surface area contributed by atoms with Crippen molar-refractivity contribution in [2.45, 2.75) is 6.42 Å². The van der Waals surface area contributed by atoms with Crippen LogP contribution in [-0.2, 0) is 9.59 Å². The zero-order chi connectivity index (χ0) is 11.3. The van der Waals surface area contributed by atoms with E-state index in [1.54, 1.807) is 5.43 Å². The summed E-state index contributed by atoms with van der Waals surface area (Å²) in [5, 5.41) is 0. The fourth-order valence-electron chi connectivity index (χ4n) is 0.946. The highest BCUT2D eigenvalue weighted by molar-refractivity contribution is 6.40. The lowest BCUT2D eigenvalue weighted by Gasteiger charge is -1.99. The number of carbonyl (C=O) groups excluding carboxylic acids is 3. The van der Waals surface area contributed by atoms with E-state index in [-0.39, 0.29) is 0 Å². The molecule has 78 valence electrons.